The molecule has 0 saturated carbocycles. The van der Waals surface area contributed by atoms with Crippen molar-refractivity contribution in [3.8, 4) is 5.75 Å². The molecule has 2 heterocycles. The minimum absolute atomic E-state index is 0.0916. The molecular weight excluding hydrogens is 403 g/mol. The van der Waals surface area contributed by atoms with Gasteiger partial charge in [0.1, 0.15) is 29.8 Å². The highest BCUT2D eigenvalue weighted by atomic mass is 79.9. The number of halogens is 2. The van der Waals surface area contributed by atoms with E-state index in [2.05, 4.69) is 31.2 Å². The van der Waals surface area contributed by atoms with Crippen molar-refractivity contribution in [2.75, 3.05) is 24.3 Å². The van der Waals surface area contributed by atoms with Crippen LogP contribution in [0.1, 0.15) is 6.42 Å². The second kappa shape index (κ2) is 7.05. The van der Waals surface area contributed by atoms with Gasteiger partial charge in [0.05, 0.1) is 29.8 Å². The van der Waals surface area contributed by atoms with Crippen LogP contribution in [0, 0.1) is 5.82 Å². The van der Waals surface area contributed by atoms with E-state index in [0.717, 1.165) is 16.3 Å². The monoisotopic (exact) mass is 418 g/mol. The van der Waals surface area contributed by atoms with Gasteiger partial charge in [-0.25, -0.2) is 14.4 Å². The zero-order valence-corrected chi connectivity index (χ0v) is 15.3. The summed E-state index contributed by atoms with van der Waals surface area (Å²) in [7, 11) is 0. The van der Waals surface area contributed by atoms with E-state index < -0.39 is 0 Å². The first-order valence-electron chi connectivity index (χ1n) is 8.11. The number of nitrogens with zero attached hydrogens (tertiary/aromatic N) is 2. The summed E-state index contributed by atoms with van der Waals surface area (Å²) in [5.41, 5.74) is 7.78. The first-order valence-corrected chi connectivity index (χ1v) is 8.90. The molecule has 0 radical (unpaired) electrons. The molecule has 8 heteroatoms. The Balaban J connectivity index is 1.72. The van der Waals surface area contributed by atoms with Crippen LogP contribution in [0.25, 0.3) is 10.9 Å². The molecule has 3 aromatic rings. The molecule has 1 aliphatic rings. The number of rotatable bonds is 4. The van der Waals surface area contributed by atoms with Crippen LogP contribution < -0.4 is 15.8 Å². The van der Waals surface area contributed by atoms with Gasteiger partial charge in [-0.2, -0.15) is 0 Å². The second-order valence-corrected chi connectivity index (χ2v) is 6.84. The molecule has 1 saturated heterocycles. The molecule has 6 nitrogen and oxygen atoms in total. The standard InChI is InChI=1S/C18H16BrFN4O2/c19-13-6-11(21)7-15-17(13)18(23-9-22-15)24-14-2-1-10(20)5-16(14)26-12-3-4-25-8-12/h1-2,5-7,9,12H,3-4,8,21H2,(H,22,23,24). The van der Waals surface area contributed by atoms with Crippen LogP contribution in [-0.2, 0) is 4.74 Å². The smallest absolute Gasteiger partial charge is 0.146 e. The van der Waals surface area contributed by atoms with Gasteiger partial charge in [0.2, 0.25) is 0 Å². The van der Waals surface area contributed by atoms with Crippen LogP contribution in [0.2, 0.25) is 0 Å². The van der Waals surface area contributed by atoms with Crippen molar-refractivity contribution in [3.05, 3.63) is 46.9 Å². The number of hydrogen-bond donors (Lipinski definition) is 2. The molecule has 0 amide bonds. The number of fused-ring (bicyclic) bond motifs is 1. The van der Waals surface area contributed by atoms with Crippen LogP contribution >= 0.6 is 15.9 Å². The fourth-order valence-corrected chi connectivity index (χ4v) is 3.52. The summed E-state index contributed by atoms with van der Waals surface area (Å²) >= 11 is 3.51. The quantitative estimate of drug-likeness (QED) is 0.622. The van der Waals surface area contributed by atoms with E-state index in [1.54, 1.807) is 18.2 Å². The van der Waals surface area contributed by atoms with E-state index in [1.807, 2.05) is 0 Å². The Bertz CT molecular complexity index is 963. The largest absolute Gasteiger partial charge is 0.486 e. The third-order valence-corrected chi connectivity index (χ3v) is 4.72. The van der Waals surface area contributed by atoms with E-state index in [1.165, 1.54) is 18.5 Å². The highest BCUT2D eigenvalue weighted by Gasteiger charge is 2.20. The fourth-order valence-electron chi connectivity index (χ4n) is 2.87. The van der Waals surface area contributed by atoms with E-state index >= 15 is 0 Å². The molecule has 0 aliphatic carbocycles. The summed E-state index contributed by atoms with van der Waals surface area (Å²) in [6, 6.07) is 7.91. The number of nitrogens with one attached hydrogen (secondary N) is 1. The van der Waals surface area contributed by atoms with Crippen LogP contribution in [0.4, 0.5) is 21.6 Å². The Hall–Kier alpha value is -2.45. The number of nitrogen functional groups attached to an aromatic ring is 1. The first kappa shape index (κ1) is 17.0. The summed E-state index contributed by atoms with van der Waals surface area (Å²) in [4.78, 5) is 8.58. The maximum Gasteiger partial charge on any atom is 0.146 e. The van der Waals surface area contributed by atoms with Gasteiger partial charge in [0.25, 0.3) is 0 Å². The zero-order valence-electron chi connectivity index (χ0n) is 13.7. The van der Waals surface area contributed by atoms with Gasteiger partial charge < -0.3 is 20.5 Å². The summed E-state index contributed by atoms with van der Waals surface area (Å²) in [6.07, 6.45) is 2.13. The van der Waals surface area contributed by atoms with Gasteiger partial charge in [0.15, 0.2) is 0 Å². The van der Waals surface area contributed by atoms with Crippen molar-refractivity contribution in [1.29, 1.82) is 0 Å². The van der Waals surface area contributed by atoms with E-state index in [0.29, 0.717) is 41.7 Å². The first-order chi connectivity index (χ1) is 12.6. The van der Waals surface area contributed by atoms with Crippen LogP contribution in [0.3, 0.4) is 0 Å². The van der Waals surface area contributed by atoms with Crippen molar-refractivity contribution in [2.24, 2.45) is 0 Å². The Morgan fingerprint density at radius 2 is 2.15 bits per heavy atom. The highest BCUT2D eigenvalue weighted by Crippen LogP contribution is 2.35. The van der Waals surface area contributed by atoms with E-state index in [-0.39, 0.29) is 11.9 Å². The maximum atomic E-state index is 13.7. The third kappa shape index (κ3) is 3.42. The summed E-state index contributed by atoms with van der Waals surface area (Å²) in [6.45, 7) is 1.14. The van der Waals surface area contributed by atoms with Crippen molar-refractivity contribution in [2.45, 2.75) is 12.5 Å². The second-order valence-electron chi connectivity index (χ2n) is 5.99. The lowest BCUT2D eigenvalue weighted by Crippen LogP contribution is -2.16. The topological polar surface area (TPSA) is 82.3 Å². The van der Waals surface area contributed by atoms with Gasteiger partial charge in [0, 0.05) is 22.6 Å². The van der Waals surface area contributed by atoms with Gasteiger partial charge in [-0.3, -0.25) is 0 Å². The van der Waals surface area contributed by atoms with Gasteiger partial charge in [-0.15, -0.1) is 0 Å². The molecule has 1 unspecified atom stereocenters. The molecule has 1 aromatic heterocycles. The van der Waals surface area contributed by atoms with Gasteiger partial charge in [-0.1, -0.05) is 0 Å². The molecule has 134 valence electrons. The molecular formula is C18H16BrFN4O2. The summed E-state index contributed by atoms with van der Waals surface area (Å²) in [5, 5.41) is 4.00. The predicted molar refractivity (Wildman–Crippen MR) is 101 cm³/mol. The zero-order chi connectivity index (χ0) is 18.1. The number of nitrogens with two attached hydrogens (primary N) is 1. The van der Waals surface area contributed by atoms with Gasteiger partial charge >= 0.3 is 0 Å². The third-order valence-electron chi connectivity index (χ3n) is 4.09. The van der Waals surface area contributed by atoms with Crippen LogP contribution in [0.5, 0.6) is 5.75 Å². The summed E-state index contributed by atoms with van der Waals surface area (Å²) < 4.78 is 25.7. The molecule has 1 fully saturated rings. The van der Waals surface area contributed by atoms with Crippen LogP contribution in [0.15, 0.2) is 41.1 Å². The Morgan fingerprint density at radius 1 is 1.27 bits per heavy atom. The minimum atomic E-state index is -0.369. The Morgan fingerprint density at radius 3 is 2.96 bits per heavy atom. The normalized spacial score (nSPS) is 16.8. The van der Waals surface area contributed by atoms with Crippen molar-refractivity contribution in [1.82, 2.24) is 9.97 Å². The van der Waals surface area contributed by atoms with E-state index in [4.69, 9.17) is 15.2 Å². The molecule has 4 rings (SSSR count). The van der Waals surface area contributed by atoms with Crippen molar-refractivity contribution < 1.29 is 13.9 Å². The lowest BCUT2D eigenvalue weighted by Gasteiger charge is -2.17. The number of ether oxygens (including phenoxy) is 2. The molecule has 2 aromatic carbocycles. The van der Waals surface area contributed by atoms with E-state index in [9.17, 15) is 4.39 Å². The lowest BCUT2D eigenvalue weighted by molar-refractivity contribution is 0.141. The number of benzene rings is 2. The maximum absolute atomic E-state index is 13.7. The van der Waals surface area contributed by atoms with Crippen molar-refractivity contribution in [3.63, 3.8) is 0 Å². The molecule has 1 aliphatic heterocycles. The predicted octanol–water partition coefficient (Wildman–Crippen LogP) is 4.02. The minimum Gasteiger partial charge on any atom is -0.486 e. The van der Waals surface area contributed by atoms with Crippen molar-refractivity contribution >= 4 is 44.0 Å². The number of hydrogen-bond acceptors (Lipinski definition) is 6. The summed E-state index contributed by atoms with van der Waals surface area (Å²) in [5.74, 6) is 0.616. The molecule has 3 N–H and O–H groups in total. The Labute approximate surface area is 157 Å². The highest BCUT2D eigenvalue weighted by molar-refractivity contribution is 9.10. The average Bonchev–Trinajstić information content (AvgIpc) is 3.10. The Kier molecular flexibility index (Phi) is 4.60. The fraction of sp³-hybridized carbons (Fsp3) is 0.222. The van der Waals surface area contributed by atoms with Gasteiger partial charge in [-0.05, 0) is 40.2 Å². The molecule has 0 spiro atoms. The lowest BCUT2D eigenvalue weighted by atomic mass is 10.2. The molecule has 0 bridgehead atoms. The number of aromatic nitrogens is 2. The molecule has 1 atom stereocenters. The van der Waals surface area contributed by atoms with Crippen LogP contribution in [-0.4, -0.2) is 29.3 Å². The average molecular weight is 419 g/mol. The SMILES string of the molecule is Nc1cc(Br)c2c(Nc3ccc(F)cc3OC3CCOC3)ncnc2c1. The molecule has 26 heavy (non-hydrogen) atoms. The number of anilines is 3.